The Morgan fingerprint density at radius 1 is 1.44 bits per heavy atom. The summed E-state index contributed by atoms with van der Waals surface area (Å²) in [5, 5.41) is 3.28. The summed E-state index contributed by atoms with van der Waals surface area (Å²) in [7, 11) is 0. The number of halogens is 2. The summed E-state index contributed by atoms with van der Waals surface area (Å²) in [6, 6.07) is 4.50. The number of thiophene rings is 1. The van der Waals surface area contributed by atoms with Gasteiger partial charge >= 0.3 is 0 Å². The zero-order valence-corrected chi connectivity index (χ0v) is 14.1. The van der Waals surface area contributed by atoms with E-state index < -0.39 is 0 Å². The van der Waals surface area contributed by atoms with Gasteiger partial charge in [0.2, 0.25) is 0 Å². The van der Waals surface area contributed by atoms with Crippen LogP contribution in [0.1, 0.15) is 30.6 Å². The Bertz CT molecular complexity index is 388. The number of hydrogen-bond donors (Lipinski definition) is 2. The van der Waals surface area contributed by atoms with Gasteiger partial charge in [-0.15, -0.1) is 35.3 Å². The Morgan fingerprint density at radius 2 is 2.17 bits per heavy atom. The molecule has 1 fully saturated rings. The summed E-state index contributed by atoms with van der Waals surface area (Å²) in [6.07, 6.45) is 5.95. The van der Waals surface area contributed by atoms with Crippen LogP contribution in [0.3, 0.4) is 0 Å². The minimum absolute atomic E-state index is 0. The summed E-state index contributed by atoms with van der Waals surface area (Å²) in [5.74, 6) is 0.583. The third-order valence-corrected chi connectivity index (χ3v) is 4.27. The molecule has 18 heavy (non-hydrogen) atoms. The van der Waals surface area contributed by atoms with Crippen LogP contribution in [-0.2, 0) is 6.42 Å². The molecule has 0 spiro atoms. The van der Waals surface area contributed by atoms with Crippen molar-refractivity contribution in [2.45, 2.75) is 38.1 Å². The lowest BCUT2D eigenvalue weighted by Gasteiger charge is -2.11. The van der Waals surface area contributed by atoms with E-state index in [4.69, 9.17) is 17.3 Å². The first-order valence-electron chi connectivity index (χ1n) is 6.05. The molecule has 1 aliphatic rings. The largest absolute Gasteiger partial charge is 0.370 e. The van der Waals surface area contributed by atoms with Crippen LogP contribution in [-0.4, -0.2) is 18.5 Å². The molecule has 0 atom stereocenters. The monoisotopic (exact) mass is 399 g/mol. The van der Waals surface area contributed by atoms with Crippen LogP contribution in [0.15, 0.2) is 17.1 Å². The zero-order chi connectivity index (χ0) is 12.1. The van der Waals surface area contributed by atoms with Crippen LogP contribution in [0.4, 0.5) is 0 Å². The molecule has 6 heteroatoms. The first-order valence-corrected chi connectivity index (χ1v) is 7.24. The van der Waals surface area contributed by atoms with Crippen LogP contribution in [0.25, 0.3) is 0 Å². The number of rotatable bonds is 4. The van der Waals surface area contributed by atoms with E-state index in [1.54, 1.807) is 11.3 Å². The van der Waals surface area contributed by atoms with E-state index in [9.17, 15) is 0 Å². The van der Waals surface area contributed by atoms with Gasteiger partial charge in [0.25, 0.3) is 0 Å². The first kappa shape index (κ1) is 16.0. The van der Waals surface area contributed by atoms with E-state index in [0.29, 0.717) is 12.0 Å². The van der Waals surface area contributed by atoms with Gasteiger partial charge in [-0.2, -0.15) is 0 Å². The van der Waals surface area contributed by atoms with Crippen LogP contribution in [0.5, 0.6) is 0 Å². The van der Waals surface area contributed by atoms with Crippen LogP contribution in [0.2, 0.25) is 4.34 Å². The minimum atomic E-state index is 0. The highest BCUT2D eigenvalue weighted by molar-refractivity contribution is 14.0. The van der Waals surface area contributed by atoms with Crippen LogP contribution in [0, 0.1) is 0 Å². The summed E-state index contributed by atoms with van der Waals surface area (Å²) in [5.41, 5.74) is 5.84. The van der Waals surface area contributed by atoms with Gasteiger partial charge in [0.1, 0.15) is 0 Å². The highest BCUT2D eigenvalue weighted by atomic mass is 127. The van der Waals surface area contributed by atoms with Crippen molar-refractivity contribution in [3.8, 4) is 0 Å². The molecular weight excluding hydrogens is 381 g/mol. The second-order valence-corrected chi connectivity index (χ2v) is 6.15. The lowest BCUT2D eigenvalue weighted by Crippen LogP contribution is -2.38. The average Bonchev–Trinajstić information content (AvgIpc) is 2.90. The van der Waals surface area contributed by atoms with Crippen molar-refractivity contribution in [2.24, 2.45) is 10.7 Å². The Kier molecular flexibility index (Phi) is 7.33. The average molecular weight is 400 g/mol. The van der Waals surface area contributed by atoms with Crippen molar-refractivity contribution in [1.29, 1.82) is 0 Å². The molecule has 1 saturated carbocycles. The second-order valence-electron chi connectivity index (χ2n) is 4.35. The van der Waals surface area contributed by atoms with Gasteiger partial charge in [0.15, 0.2) is 5.96 Å². The highest BCUT2D eigenvalue weighted by Crippen LogP contribution is 2.21. The maximum atomic E-state index is 5.86. The predicted octanol–water partition coefficient (Wildman–Crippen LogP) is 3.41. The molecule has 3 N–H and O–H groups in total. The van der Waals surface area contributed by atoms with Crippen LogP contribution >= 0.6 is 46.9 Å². The zero-order valence-electron chi connectivity index (χ0n) is 10.2. The van der Waals surface area contributed by atoms with E-state index in [1.165, 1.54) is 30.6 Å². The molecule has 1 aromatic heterocycles. The van der Waals surface area contributed by atoms with Gasteiger partial charge in [-0.1, -0.05) is 24.4 Å². The number of nitrogens with one attached hydrogen (secondary N) is 1. The third kappa shape index (κ3) is 5.32. The normalized spacial score (nSPS) is 16.6. The SMILES string of the molecule is I.NC(=NCCc1ccc(Cl)s1)NC1CCCC1. The van der Waals surface area contributed by atoms with Crippen molar-refractivity contribution in [2.75, 3.05) is 6.54 Å². The first-order chi connectivity index (χ1) is 8.24. The molecule has 0 radical (unpaired) electrons. The van der Waals surface area contributed by atoms with Crippen molar-refractivity contribution in [3.05, 3.63) is 21.3 Å². The molecule has 1 heterocycles. The Hall–Kier alpha value is -0.0100. The summed E-state index contributed by atoms with van der Waals surface area (Å²) >= 11 is 7.47. The molecule has 3 nitrogen and oxygen atoms in total. The molecule has 0 unspecified atom stereocenters. The van der Waals surface area contributed by atoms with Gasteiger partial charge in [-0.05, 0) is 25.0 Å². The molecule has 1 aromatic rings. The van der Waals surface area contributed by atoms with E-state index in [-0.39, 0.29) is 24.0 Å². The molecule has 0 aliphatic heterocycles. The molecule has 0 aromatic carbocycles. The molecule has 0 saturated heterocycles. The Morgan fingerprint density at radius 3 is 2.78 bits per heavy atom. The number of hydrogen-bond acceptors (Lipinski definition) is 2. The van der Waals surface area contributed by atoms with E-state index in [1.807, 2.05) is 12.1 Å². The van der Waals surface area contributed by atoms with Crippen molar-refractivity contribution < 1.29 is 0 Å². The van der Waals surface area contributed by atoms with Gasteiger partial charge in [0.05, 0.1) is 4.34 Å². The van der Waals surface area contributed by atoms with Crippen molar-refractivity contribution in [3.63, 3.8) is 0 Å². The summed E-state index contributed by atoms with van der Waals surface area (Å²) < 4.78 is 0.834. The standard InChI is InChI=1S/C12H18ClN3S.HI/c13-11-6-5-10(17-11)7-8-15-12(14)16-9-3-1-2-4-9;/h5-6,9H,1-4,7-8H2,(H3,14,15,16);1H. The maximum Gasteiger partial charge on any atom is 0.188 e. The summed E-state index contributed by atoms with van der Waals surface area (Å²) in [6.45, 7) is 0.725. The molecule has 0 amide bonds. The minimum Gasteiger partial charge on any atom is -0.370 e. The van der Waals surface area contributed by atoms with Gasteiger partial charge in [-0.25, -0.2) is 0 Å². The molecule has 0 bridgehead atoms. The molecule has 102 valence electrons. The molecule has 1 aliphatic carbocycles. The number of guanidine groups is 1. The van der Waals surface area contributed by atoms with Crippen LogP contribution < -0.4 is 11.1 Å². The van der Waals surface area contributed by atoms with Gasteiger partial charge in [0, 0.05) is 23.9 Å². The maximum absolute atomic E-state index is 5.86. The highest BCUT2D eigenvalue weighted by Gasteiger charge is 2.14. The number of nitrogens with zero attached hydrogens (tertiary/aromatic N) is 1. The predicted molar refractivity (Wildman–Crippen MR) is 90.3 cm³/mol. The lowest BCUT2D eigenvalue weighted by atomic mass is 10.2. The third-order valence-electron chi connectivity index (χ3n) is 2.98. The summed E-state index contributed by atoms with van der Waals surface area (Å²) in [4.78, 5) is 5.60. The fourth-order valence-corrected chi connectivity index (χ4v) is 3.17. The number of aliphatic imine (C=N–C) groups is 1. The Labute approximate surface area is 134 Å². The lowest BCUT2D eigenvalue weighted by molar-refractivity contribution is 0.625. The smallest absolute Gasteiger partial charge is 0.188 e. The van der Waals surface area contributed by atoms with Crippen molar-refractivity contribution in [1.82, 2.24) is 5.32 Å². The molecular formula is C12H19ClIN3S. The van der Waals surface area contributed by atoms with Gasteiger partial charge < -0.3 is 11.1 Å². The van der Waals surface area contributed by atoms with E-state index in [0.717, 1.165) is 17.3 Å². The van der Waals surface area contributed by atoms with Gasteiger partial charge in [-0.3, -0.25) is 4.99 Å². The number of nitrogens with two attached hydrogens (primary N) is 1. The topological polar surface area (TPSA) is 50.4 Å². The van der Waals surface area contributed by atoms with E-state index in [2.05, 4.69) is 10.3 Å². The quantitative estimate of drug-likeness (QED) is 0.463. The Balaban J connectivity index is 0.00000162. The second kappa shape index (κ2) is 8.22. The van der Waals surface area contributed by atoms with E-state index >= 15 is 0 Å². The fraction of sp³-hybridized carbons (Fsp3) is 0.583. The fourth-order valence-electron chi connectivity index (χ4n) is 2.10. The molecule has 2 rings (SSSR count). The van der Waals surface area contributed by atoms with Crippen molar-refractivity contribution >= 4 is 52.9 Å².